The minimum Gasteiger partial charge on any atom is -0.352 e. The molecule has 2 fully saturated rings. The lowest BCUT2D eigenvalue weighted by Gasteiger charge is -2.45. The summed E-state index contributed by atoms with van der Waals surface area (Å²) in [4.78, 5) is 42.3. The maximum atomic E-state index is 14.1. The number of hydrogen-bond acceptors (Lipinski definition) is 9. The van der Waals surface area contributed by atoms with Gasteiger partial charge in [-0.15, -0.1) is 0 Å². The third-order valence-electron chi connectivity index (χ3n) is 8.38. The number of fused-ring (bicyclic) bond motifs is 1. The highest BCUT2D eigenvalue weighted by molar-refractivity contribution is 5.90. The Labute approximate surface area is 261 Å². The molecule has 11 nitrogen and oxygen atoms in total. The van der Waals surface area contributed by atoms with Gasteiger partial charge in [0, 0.05) is 38.8 Å². The van der Waals surface area contributed by atoms with Crippen LogP contribution in [0.3, 0.4) is 0 Å². The first-order valence-corrected chi connectivity index (χ1v) is 14.7. The largest absolute Gasteiger partial charge is 0.418 e. The predicted octanol–water partition coefficient (Wildman–Crippen LogP) is 3.40. The van der Waals surface area contributed by atoms with E-state index in [-0.39, 0.29) is 66.2 Å². The molecule has 16 heteroatoms. The van der Waals surface area contributed by atoms with Crippen LogP contribution in [-0.4, -0.2) is 99.8 Å². The SMILES string of the molecule is C=CC(=O)N1CCN(c2nc(N3CC(N(CC)CC(F)F)C3)nc3c(=O)n(-c4cccc(C)c4C(F)(F)F)ncc23)C[C@@H]1CC#N. The van der Waals surface area contributed by atoms with Gasteiger partial charge in [0.1, 0.15) is 11.3 Å². The van der Waals surface area contributed by atoms with E-state index in [1.54, 1.807) is 21.6 Å². The molecule has 2 aromatic heterocycles. The average Bonchev–Trinajstić information content (AvgIpc) is 2.98. The number of aryl methyl sites for hydroxylation is 1. The van der Waals surface area contributed by atoms with E-state index in [4.69, 9.17) is 4.98 Å². The van der Waals surface area contributed by atoms with Crippen molar-refractivity contribution >= 4 is 28.6 Å². The molecule has 0 spiro atoms. The van der Waals surface area contributed by atoms with Gasteiger partial charge in [-0.25, -0.2) is 13.8 Å². The van der Waals surface area contributed by atoms with Crippen molar-refractivity contribution < 1.29 is 26.7 Å². The fourth-order valence-corrected chi connectivity index (χ4v) is 6.05. The summed E-state index contributed by atoms with van der Waals surface area (Å²) in [7, 11) is 0. The molecule has 0 saturated carbocycles. The van der Waals surface area contributed by atoms with Crippen LogP contribution in [0.25, 0.3) is 16.6 Å². The van der Waals surface area contributed by atoms with Gasteiger partial charge < -0.3 is 14.7 Å². The van der Waals surface area contributed by atoms with Crippen LogP contribution in [-0.2, 0) is 11.0 Å². The lowest BCUT2D eigenvalue weighted by molar-refractivity contribution is -0.138. The number of anilines is 2. The van der Waals surface area contributed by atoms with Crippen LogP contribution in [0.2, 0.25) is 0 Å². The second-order valence-corrected chi connectivity index (χ2v) is 11.2. The summed E-state index contributed by atoms with van der Waals surface area (Å²) in [6.07, 6.45) is -4.87. The molecule has 0 aliphatic carbocycles. The molecule has 0 bridgehead atoms. The van der Waals surface area contributed by atoms with Crippen LogP contribution in [0, 0.1) is 18.3 Å². The number of carbonyl (C=O) groups is 1. The molecule has 0 radical (unpaired) electrons. The molecule has 3 aromatic rings. The molecule has 1 aromatic carbocycles. The van der Waals surface area contributed by atoms with Gasteiger partial charge in [0.15, 0.2) is 0 Å². The van der Waals surface area contributed by atoms with Gasteiger partial charge in [0.2, 0.25) is 11.9 Å². The third kappa shape index (κ3) is 6.23. The van der Waals surface area contributed by atoms with Crippen molar-refractivity contribution in [1.82, 2.24) is 29.5 Å². The molecule has 5 rings (SSSR count). The first-order chi connectivity index (χ1) is 21.9. The summed E-state index contributed by atoms with van der Waals surface area (Å²) in [5.41, 5.74) is -2.65. The van der Waals surface area contributed by atoms with E-state index in [9.17, 15) is 36.8 Å². The molecule has 0 N–H and O–H groups in total. The molecule has 4 heterocycles. The smallest absolute Gasteiger partial charge is 0.352 e. The van der Waals surface area contributed by atoms with Crippen LogP contribution >= 0.6 is 0 Å². The number of halogens is 5. The number of nitrogens with zero attached hydrogens (tertiary/aromatic N) is 9. The summed E-state index contributed by atoms with van der Waals surface area (Å²) in [5.74, 6) is 0.0182. The Bertz CT molecular complexity index is 1730. The van der Waals surface area contributed by atoms with Crippen molar-refractivity contribution in [2.45, 2.75) is 45.0 Å². The molecule has 2 saturated heterocycles. The highest BCUT2D eigenvalue weighted by Crippen LogP contribution is 2.36. The number of carbonyl (C=O) groups excluding carboxylic acids is 1. The Morgan fingerprint density at radius 1 is 1.20 bits per heavy atom. The normalized spacial score (nSPS) is 17.5. The van der Waals surface area contributed by atoms with Crippen molar-refractivity contribution in [3.63, 3.8) is 0 Å². The number of alkyl halides is 5. The zero-order valence-corrected chi connectivity index (χ0v) is 25.2. The van der Waals surface area contributed by atoms with E-state index < -0.39 is 42.0 Å². The summed E-state index contributed by atoms with van der Waals surface area (Å²) >= 11 is 0. The fraction of sp³-hybridized carbons (Fsp3) is 0.467. The Hall–Kier alpha value is -4.65. The summed E-state index contributed by atoms with van der Waals surface area (Å²) < 4.78 is 69.2. The van der Waals surface area contributed by atoms with E-state index in [1.165, 1.54) is 36.2 Å². The molecule has 244 valence electrons. The molecule has 1 amide bonds. The second kappa shape index (κ2) is 13.0. The van der Waals surface area contributed by atoms with E-state index >= 15 is 0 Å². The van der Waals surface area contributed by atoms with E-state index in [2.05, 4.69) is 22.7 Å². The van der Waals surface area contributed by atoms with Gasteiger partial charge in [-0.05, 0) is 31.2 Å². The lowest BCUT2D eigenvalue weighted by atomic mass is 10.1. The molecule has 2 aliphatic rings. The molecule has 0 unspecified atom stereocenters. The third-order valence-corrected chi connectivity index (χ3v) is 8.38. The molecular formula is C30H32F5N9O2. The number of nitriles is 1. The van der Waals surface area contributed by atoms with Gasteiger partial charge in [-0.2, -0.15) is 33.2 Å². The zero-order chi connectivity index (χ0) is 33.3. The summed E-state index contributed by atoms with van der Waals surface area (Å²) in [6.45, 7) is 7.81. The Morgan fingerprint density at radius 2 is 1.93 bits per heavy atom. The van der Waals surface area contributed by atoms with Crippen LogP contribution in [0.4, 0.5) is 33.7 Å². The van der Waals surface area contributed by atoms with E-state index in [0.29, 0.717) is 24.3 Å². The van der Waals surface area contributed by atoms with Crippen molar-refractivity contribution in [2.75, 3.05) is 55.6 Å². The Balaban J connectivity index is 1.62. The topological polar surface area (TPSA) is 114 Å². The van der Waals surface area contributed by atoms with Crippen LogP contribution in [0.15, 0.2) is 41.8 Å². The molecule has 2 aliphatic heterocycles. The van der Waals surface area contributed by atoms with Crippen LogP contribution < -0.4 is 15.4 Å². The van der Waals surface area contributed by atoms with E-state index in [0.717, 1.165) is 6.07 Å². The van der Waals surface area contributed by atoms with Gasteiger partial charge in [-0.3, -0.25) is 14.5 Å². The quantitative estimate of drug-likeness (QED) is 0.255. The number of aromatic nitrogens is 4. The van der Waals surface area contributed by atoms with Gasteiger partial charge in [0.25, 0.3) is 12.0 Å². The second-order valence-electron chi connectivity index (χ2n) is 11.2. The maximum Gasteiger partial charge on any atom is 0.418 e. The van der Waals surface area contributed by atoms with Crippen molar-refractivity contribution in [3.8, 4) is 11.8 Å². The number of benzene rings is 1. The van der Waals surface area contributed by atoms with Gasteiger partial charge in [0.05, 0.1) is 47.9 Å². The van der Waals surface area contributed by atoms with Gasteiger partial charge in [-0.1, -0.05) is 25.6 Å². The zero-order valence-electron chi connectivity index (χ0n) is 25.2. The average molecular weight is 646 g/mol. The lowest BCUT2D eigenvalue weighted by Crippen LogP contribution is -2.61. The fourth-order valence-electron chi connectivity index (χ4n) is 6.05. The van der Waals surface area contributed by atoms with E-state index in [1.807, 2.05) is 0 Å². The van der Waals surface area contributed by atoms with Crippen LogP contribution in [0.1, 0.15) is 24.5 Å². The maximum absolute atomic E-state index is 14.1. The molecular weight excluding hydrogens is 613 g/mol. The highest BCUT2D eigenvalue weighted by Gasteiger charge is 2.38. The van der Waals surface area contributed by atoms with Crippen molar-refractivity contribution in [1.29, 1.82) is 5.26 Å². The number of piperazine rings is 1. The standard InChI is InChI=1S/C30H32F5N9O2/c1-4-24(45)43-12-11-41(14-19(43)9-10-36)27-21-13-37-44(22-8-6-7-18(3)25(22)30(33,34)35)28(46)26(21)38-29(39-27)42-15-20(16-42)40(5-2)17-23(31)32/h4,6-8,13,19-20,23H,1,5,9,11-12,14-17H2,2-3H3/t19-/m0/s1. The predicted molar refractivity (Wildman–Crippen MR) is 160 cm³/mol. The summed E-state index contributed by atoms with van der Waals surface area (Å²) in [5, 5.41) is 13.7. The minimum absolute atomic E-state index is 0.00931. The monoisotopic (exact) mass is 645 g/mol. The number of likely N-dealkylation sites (N-methyl/N-ethyl adjacent to an activating group) is 1. The first kappa shape index (κ1) is 32.7. The van der Waals surface area contributed by atoms with Crippen LogP contribution in [0.5, 0.6) is 0 Å². The molecule has 46 heavy (non-hydrogen) atoms. The summed E-state index contributed by atoms with van der Waals surface area (Å²) in [6, 6.07) is 5.18. The van der Waals surface area contributed by atoms with Gasteiger partial charge >= 0.3 is 6.18 Å². The van der Waals surface area contributed by atoms with Crippen molar-refractivity contribution in [2.24, 2.45) is 0 Å². The number of amides is 1. The first-order valence-electron chi connectivity index (χ1n) is 14.7. The minimum atomic E-state index is -4.77. The number of rotatable bonds is 9. The highest BCUT2D eigenvalue weighted by atomic mass is 19.4. The Morgan fingerprint density at radius 3 is 2.57 bits per heavy atom. The van der Waals surface area contributed by atoms with Crippen molar-refractivity contribution in [3.05, 3.63) is 58.5 Å². The molecule has 1 atom stereocenters. The Kier molecular flexibility index (Phi) is 9.24. The number of hydrogen-bond donors (Lipinski definition) is 0.